The Balaban J connectivity index is 1.53. The lowest BCUT2D eigenvalue weighted by Crippen LogP contribution is -2.32. The third-order valence-electron chi connectivity index (χ3n) is 4.14. The topological polar surface area (TPSA) is 58.6 Å². The number of amides is 2. The van der Waals surface area contributed by atoms with Crippen LogP contribution in [-0.4, -0.2) is 25.0 Å². The van der Waals surface area contributed by atoms with E-state index >= 15 is 0 Å². The number of anilines is 2. The van der Waals surface area contributed by atoms with Crippen LogP contribution in [0.1, 0.15) is 5.56 Å². The van der Waals surface area contributed by atoms with Gasteiger partial charge in [-0.3, -0.25) is 14.5 Å². The zero-order chi connectivity index (χ0) is 20.5. The van der Waals surface area contributed by atoms with E-state index in [1.807, 2.05) is 60.7 Å². The van der Waals surface area contributed by atoms with Crippen molar-refractivity contribution in [2.24, 2.45) is 0 Å². The molecule has 29 heavy (non-hydrogen) atoms. The molecule has 5 nitrogen and oxygen atoms in total. The fraction of sp³-hybridized carbons (Fsp3) is 0.130. The van der Waals surface area contributed by atoms with Crippen molar-refractivity contribution in [2.75, 3.05) is 18.1 Å². The van der Waals surface area contributed by atoms with Crippen LogP contribution in [0.3, 0.4) is 0 Å². The number of carbonyl (C=O) groups is 2. The first-order valence-electron chi connectivity index (χ1n) is 9.15. The summed E-state index contributed by atoms with van der Waals surface area (Å²) in [5.41, 5.74) is 2.20. The largest absolute Gasteiger partial charge is 0.362 e. The molecular formula is C23H21FN2O3. The maximum absolute atomic E-state index is 12.9. The van der Waals surface area contributed by atoms with Crippen LogP contribution in [0.15, 0.2) is 84.9 Å². The van der Waals surface area contributed by atoms with Gasteiger partial charge < -0.3 is 10.1 Å². The van der Waals surface area contributed by atoms with Gasteiger partial charge in [-0.1, -0.05) is 48.5 Å². The molecule has 0 heterocycles. The van der Waals surface area contributed by atoms with E-state index in [0.29, 0.717) is 11.4 Å². The number of benzene rings is 3. The molecule has 0 aliphatic carbocycles. The number of halogens is 1. The minimum absolute atomic E-state index is 0.242. The van der Waals surface area contributed by atoms with Crippen molar-refractivity contribution in [3.63, 3.8) is 0 Å². The van der Waals surface area contributed by atoms with Crippen LogP contribution in [0.4, 0.5) is 15.8 Å². The Morgan fingerprint density at radius 2 is 1.34 bits per heavy atom. The average Bonchev–Trinajstić information content (AvgIpc) is 2.75. The molecular weight excluding hydrogens is 371 g/mol. The standard InChI is InChI=1S/C23H21FN2O3/c24-19-13-11-18(12-14-19)15-25-22(27)16-29-17-23(28)26(20-7-3-1-4-8-20)21-9-5-2-6-10-21/h1-14H,15-17H2,(H,25,27). The van der Waals surface area contributed by atoms with Gasteiger partial charge in [0.2, 0.25) is 5.91 Å². The van der Waals surface area contributed by atoms with Crippen molar-refractivity contribution < 1.29 is 18.7 Å². The molecule has 0 saturated heterocycles. The molecule has 3 rings (SSSR count). The summed E-state index contributed by atoms with van der Waals surface area (Å²) in [6, 6.07) is 24.3. The second kappa shape index (κ2) is 10.1. The van der Waals surface area contributed by atoms with Crippen LogP contribution < -0.4 is 10.2 Å². The highest BCUT2D eigenvalue weighted by Crippen LogP contribution is 2.25. The second-order valence-corrected chi connectivity index (χ2v) is 6.30. The van der Waals surface area contributed by atoms with Gasteiger partial charge in [-0.2, -0.15) is 0 Å². The van der Waals surface area contributed by atoms with Gasteiger partial charge in [0.15, 0.2) is 0 Å². The first-order valence-corrected chi connectivity index (χ1v) is 9.15. The van der Waals surface area contributed by atoms with Crippen molar-refractivity contribution in [1.82, 2.24) is 5.32 Å². The molecule has 0 unspecified atom stereocenters. The first-order chi connectivity index (χ1) is 14.1. The lowest BCUT2D eigenvalue weighted by atomic mass is 10.2. The molecule has 0 aliphatic heterocycles. The normalized spacial score (nSPS) is 10.4. The second-order valence-electron chi connectivity index (χ2n) is 6.30. The monoisotopic (exact) mass is 392 g/mol. The van der Waals surface area contributed by atoms with Gasteiger partial charge in [-0.05, 0) is 42.0 Å². The molecule has 2 amide bonds. The Morgan fingerprint density at radius 3 is 1.90 bits per heavy atom. The van der Waals surface area contributed by atoms with Gasteiger partial charge in [-0.25, -0.2) is 4.39 Å². The third kappa shape index (κ3) is 5.99. The van der Waals surface area contributed by atoms with Crippen LogP contribution in [0.25, 0.3) is 0 Å². The predicted molar refractivity (Wildman–Crippen MR) is 109 cm³/mol. The van der Waals surface area contributed by atoms with Gasteiger partial charge >= 0.3 is 0 Å². The van der Waals surface area contributed by atoms with Crippen molar-refractivity contribution >= 4 is 23.2 Å². The quantitative estimate of drug-likeness (QED) is 0.634. The summed E-state index contributed by atoms with van der Waals surface area (Å²) in [6.07, 6.45) is 0. The zero-order valence-corrected chi connectivity index (χ0v) is 15.8. The number of hydrogen-bond donors (Lipinski definition) is 1. The Bertz CT molecular complexity index is 892. The number of rotatable bonds is 8. The molecule has 0 saturated carbocycles. The SMILES string of the molecule is O=C(COCC(=O)N(c1ccccc1)c1ccccc1)NCc1ccc(F)cc1. The Morgan fingerprint density at radius 1 is 0.793 bits per heavy atom. The number of ether oxygens (including phenoxy) is 1. The van der Waals surface area contributed by atoms with Crippen LogP contribution >= 0.6 is 0 Å². The van der Waals surface area contributed by atoms with Gasteiger partial charge in [-0.15, -0.1) is 0 Å². The number of carbonyl (C=O) groups excluding carboxylic acids is 2. The molecule has 0 spiro atoms. The lowest BCUT2D eigenvalue weighted by Gasteiger charge is -2.23. The predicted octanol–water partition coefficient (Wildman–Crippen LogP) is 3.82. The van der Waals surface area contributed by atoms with E-state index in [-0.39, 0.29) is 37.4 Å². The summed E-state index contributed by atoms with van der Waals surface area (Å²) in [6.45, 7) is -0.227. The minimum Gasteiger partial charge on any atom is -0.362 e. The van der Waals surface area contributed by atoms with Gasteiger partial charge in [0.1, 0.15) is 19.0 Å². The van der Waals surface area contributed by atoms with Crippen molar-refractivity contribution in [1.29, 1.82) is 0 Å². The number of hydrogen-bond acceptors (Lipinski definition) is 3. The van der Waals surface area contributed by atoms with Crippen LogP contribution in [-0.2, 0) is 20.9 Å². The molecule has 0 aromatic heterocycles. The number of nitrogens with zero attached hydrogens (tertiary/aromatic N) is 1. The zero-order valence-electron chi connectivity index (χ0n) is 15.8. The van der Waals surface area contributed by atoms with Crippen molar-refractivity contribution in [3.05, 3.63) is 96.3 Å². The highest BCUT2D eigenvalue weighted by Gasteiger charge is 2.18. The highest BCUT2D eigenvalue weighted by atomic mass is 19.1. The third-order valence-corrected chi connectivity index (χ3v) is 4.14. The maximum Gasteiger partial charge on any atom is 0.257 e. The maximum atomic E-state index is 12.9. The van der Waals surface area contributed by atoms with E-state index in [1.165, 1.54) is 12.1 Å². The van der Waals surface area contributed by atoms with E-state index in [0.717, 1.165) is 5.56 Å². The highest BCUT2D eigenvalue weighted by molar-refractivity contribution is 6.01. The minimum atomic E-state index is -0.354. The first kappa shape index (κ1) is 20.2. The number of nitrogens with one attached hydrogen (secondary N) is 1. The smallest absolute Gasteiger partial charge is 0.257 e. The summed E-state index contributed by atoms with van der Waals surface area (Å²) >= 11 is 0. The molecule has 6 heteroatoms. The van der Waals surface area contributed by atoms with Crippen molar-refractivity contribution in [3.8, 4) is 0 Å². The molecule has 0 fully saturated rings. The van der Waals surface area contributed by atoms with Crippen LogP contribution in [0.5, 0.6) is 0 Å². The van der Waals surface area contributed by atoms with Gasteiger partial charge in [0.25, 0.3) is 5.91 Å². The van der Waals surface area contributed by atoms with E-state index in [1.54, 1.807) is 17.0 Å². The molecule has 3 aromatic rings. The van der Waals surface area contributed by atoms with E-state index in [4.69, 9.17) is 4.74 Å². The van der Waals surface area contributed by atoms with Gasteiger partial charge in [0.05, 0.1) is 0 Å². The number of para-hydroxylation sites is 2. The lowest BCUT2D eigenvalue weighted by molar-refractivity contribution is -0.129. The Hall–Kier alpha value is -3.51. The molecule has 0 bridgehead atoms. The summed E-state index contributed by atoms with van der Waals surface area (Å²) < 4.78 is 18.2. The molecule has 3 aromatic carbocycles. The van der Waals surface area contributed by atoms with Crippen LogP contribution in [0.2, 0.25) is 0 Å². The molecule has 0 atom stereocenters. The van der Waals surface area contributed by atoms with Gasteiger partial charge in [0, 0.05) is 17.9 Å². The Kier molecular flexibility index (Phi) is 7.08. The van der Waals surface area contributed by atoms with E-state index < -0.39 is 0 Å². The van der Waals surface area contributed by atoms with Crippen molar-refractivity contribution in [2.45, 2.75) is 6.54 Å². The molecule has 0 aliphatic rings. The summed E-state index contributed by atoms with van der Waals surface area (Å²) in [5, 5.41) is 2.67. The fourth-order valence-electron chi connectivity index (χ4n) is 2.74. The summed E-state index contributed by atoms with van der Waals surface area (Å²) in [7, 11) is 0. The molecule has 1 N–H and O–H groups in total. The van der Waals surface area contributed by atoms with Crippen LogP contribution in [0, 0.1) is 5.82 Å². The van der Waals surface area contributed by atoms with E-state index in [2.05, 4.69) is 5.32 Å². The van der Waals surface area contributed by atoms with E-state index in [9.17, 15) is 14.0 Å². The fourth-order valence-corrected chi connectivity index (χ4v) is 2.74. The molecule has 148 valence electrons. The average molecular weight is 392 g/mol. The molecule has 0 radical (unpaired) electrons. The summed E-state index contributed by atoms with van der Waals surface area (Å²) in [4.78, 5) is 26.3. The Labute approximate surface area is 168 Å². The summed E-state index contributed by atoms with van der Waals surface area (Å²) in [5.74, 6) is -0.967.